The highest BCUT2D eigenvalue weighted by molar-refractivity contribution is 5.17. The molecule has 0 radical (unpaired) electrons. The van der Waals surface area contributed by atoms with Gasteiger partial charge in [-0.25, -0.2) is 0 Å². The Bertz CT molecular complexity index is 205. The van der Waals surface area contributed by atoms with Crippen LogP contribution in [0.25, 0.3) is 0 Å². The smallest absolute Gasteiger partial charge is 0.00742 e. The summed E-state index contributed by atoms with van der Waals surface area (Å²) in [7, 11) is 0. The molecule has 0 saturated heterocycles. The maximum absolute atomic E-state index is 5.42. The summed E-state index contributed by atoms with van der Waals surface area (Å²) < 4.78 is 0. The fourth-order valence-electron chi connectivity index (χ4n) is 0.932. The van der Waals surface area contributed by atoms with Gasteiger partial charge < -0.3 is 5.73 Å². The van der Waals surface area contributed by atoms with Crippen LogP contribution in [-0.4, -0.2) is 6.54 Å². The van der Waals surface area contributed by atoms with Crippen LogP contribution < -0.4 is 5.73 Å². The van der Waals surface area contributed by atoms with Crippen molar-refractivity contribution in [2.45, 2.75) is 33.6 Å². The highest BCUT2D eigenvalue weighted by atomic mass is 14.5. The number of hydrogen-bond acceptors (Lipinski definition) is 1. The zero-order valence-corrected chi connectivity index (χ0v) is 9.01. The van der Waals surface area contributed by atoms with E-state index in [2.05, 4.69) is 45.1 Å². The Morgan fingerprint density at radius 2 is 1.69 bits per heavy atom. The molecule has 0 saturated carbocycles. The molecule has 74 valence electrons. The molecule has 0 bridgehead atoms. The topological polar surface area (TPSA) is 26.0 Å². The Labute approximate surface area is 82.0 Å². The van der Waals surface area contributed by atoms with Crippen LogP contribution in [0, 0.1) is 0 Å². The zero-order valence-electron chi connectivity index (χ0n) is 9.01. The maximum atomic E-state index is 5.42. The van der Waals surface area contributed by atoms with E-state index in [9.17, 15) is 0 Å². The summed E-state index contributed by atoms with van der Waals surface area (Å²) in [6.07, 6.45) is 10.6. The van der Waals surface area contributed by atoms with E-state index in [0.29, 0.717) is 0 Å². The first kappa shape index (κ1) is 12.2. The molecule has 1 nitrogen and oxygen atoms in total. The van der Waals surface area contributed by atoms with Gasteiger partial charge in [0.15, 0.2) is 0 Å². The quantitative estimate of drug-likeness (QED) is 0.644. The lowest BCUT2D eigenvalue weighted by molar-refractivity contribution is 0.823. The molecule has 1 heteroatoms. The second-order valence-corrected chi connectivity index (χ2v) is 3.53. The molecule has 0 unspecified atom stereocenters. The van der Waals surface area contributed by atoms with Gasteiger partial charge in [-0.1, -0.05) is 35.5 Å². The van der Waals surface area contributed by atoms with Gasteiger partial charge in [0, 0.05) is 0 Å². The molecule has 0 atom stereocenters. The van der Waals surface area contributed by atoms with Crippen LogP contribution in [0.1, 0.15) is 33.6 Å². The minimum Gasteiger partial charge on any atom is -0.330 e. The van der Waals surface area contributed by atoms with Crippen LogP contribution in [-0.2, 0) is 0 Å². The standard InChI is InChI=1S/C12H21N/c1-11(2)7-4-5-8-12(3)9-6-10-13/h4-5,7-8H,6,9-10,13H2,1-3H3/b5-4-,12-8+. The van der Waals surface area contributed by atoms with Crippen LogP contribution in [0.5, 0.6) is 0 Å². The largest absolute Gasteiger partial charge is 0.330 e. The van der Waals surface area contributed by atoms with Crippen LogP contribution >= 0.6 is 0 Å². The predicted octanol–water partition coefficient (Wildman–Crippen LogP) is 3.19. The molecule has 0 aliphatic heterocycles. The molecule has 0 spiro atoms. The van der Waals surface area contributed by atoms with Gasteiger partial charge in [0.2, 0.25) is 0 Å². The van der Waals surface area contributed by atoms with Crippen molar-refractivity contribution < 1.29 is 0 Å². The Hall–Kier alpha value is -0.820. The molecule has 0 heterocycles. The average Bonchev–Trinajstić information content (AvgIpc) is 2.08. The fourth-order valence-corrected chi connectivity index (χ4v) is 0.932. The lowest BCUT2D eigenvalue weighted by Gasteiger charge is -1.95. The van der Waals surface area contributed by atoms with E-state index in [1.807, 2.05) is 0 Å². The number of allylic oxidation sites excluding steroid dienone is 6. The highest BCUT2D eigenvalue weighted by Gasteiger charge is 1.85. The molecule has 0 amide bonds. The van der Waals surface area contributed by atoms with Crippen molar-refractivity contribution in [2.75, 3.05) is 6.54 Å². The summed E-state index contributed by atoms with van der Waals surface area (Å²) in [5.74, 6) is 0. The summed E-state index contributed by atoms with van der Waals surface area (Å²) in [4.78, 5) is 0. The van der Waals surface area contributed by atoms with E-state index in [-0.39, 0.29) is 0 Å². The van der Waals surface area contributed by atoms with Crippen molar-refractivity contribution in [3.63, 3.8) is 0 Å². The highest BCUT2D eigenvalue weighted by Crippen LogP contribution is 2.02. The molecule has 0 aromatic rings. The third kappa shape index (κ3) is 9.09. The zero-order chi connectivity index (χ0) is 10.1. The second-order valence-electron chi connectivity index (χ2n) is 3.53. The van der Waals surface area contributed by atoms with Crippen molar-refractivity contribution in [2.24, 2.45) is 5.73 Å². The molecule has 0 aromatic heterocycles. The van der Waals surface area contributed by atoms with E-state index in [1.165, 1.54) is 11.1 Å². The first-order chi connectivity index (χ1) is 6.16. The summed E-state index contributed by atoms with van der Waals surface area (Å²) in [5, 5.41) is 0. The number of nitrogens with two attached hydrogens (primary N) is 1. The first-order valence-electron chi connectivity index (χ1n) is 4.84. The van der Waals surface area contributed by atoms with E-state index in [0.717, 1.165) is 19.4 Å². The molecular weight excluding hydrogens is 158 g/mol. The molecule has 0 fully saturated rings. The summed E-state index contributed by atoms with van der Waals surface area (Å²) in [6.45, 7) is 7.11. The Morgan fingerprint density at radius 1 is 1.08 bits per heavy atom. The Morgan fingerprint density at radius 3 is 2.23 bits per heavy atom. The molecule has 0 aromatic carbocycles. The van der Waals surface area contributed by atoms with Gasteiger partial charge in [-0.2, -0.15) is 0 Å². The Balaban J connectivity index is 3.82. The van der Waals surface area contributed by atoms with Crippen molar-refractivity contribution in [1.29, 1.82) is 0 Å². The SMILES string of the molecule is CC(C)=C/C=C\C=C(/C)CCCN. The average molecular weight is 179 g/mol. The van der Waals surface area contributed by atoms with Crippen LogP contribution in [0.2, 0.25) is 0 Å². The van der Waals surface area contributed by atoms with Gasteiger partial charge in [0.1, 0.15) is 0 Å². The van der Waals surface area contributed by atoms with E-state index in [4.69, 9.17) is 5.73 Å². The van der Waals surface area contributed by atoms with Crippen LogP contribution in [0.15, 0.2) is 35.5 Å². The molecule has 0 rings (SSSR count). The molecule has 2 N–H and O–H groups in total. The van der Waals surface area contributed by atoms with Gasteiger partial charge in [0.25, 0.3) is 0 Å². The summed E-state index contributed by atoms with van der Waals surface area (Å²) in [5.41, 5.74) is 8.13. The van der Waals surface area contributed by atoms with E-state index in [1.54, 1.807) is 0 Å². The summed E-state index contributed by atoms with van der Waals surface area (Å²) >= 11 is 0. The van der Waals surface area contributed by atoms with Gasteiger partial charge >= 0.3 is 0 Å². The summed E-state index contributed by atoms with van der Waals surface area (Å²) in [6, 6.07) is 0. The van der Waals surface area contributed by atoms with Crippen molar-refractivity contribution in [3.8, 4) is 0 Å². The lowest BCUT2D eigenvalue weighted by atomic mass is 10.1. The predicted molar refractivity (Wildman–Crippen MR) is 60.6 cm³/mol. The molecule has 13 heavy (non-hydrogen) atoms. The van der Waals surface area contributed by atoms with Crippen LogP contribution in [0.3, 0.4) is 0 Å². The van der Waals surface area contributed by atoms with E-state index >= 15 is 0 Å². The van der Waals surface area contributed by atoms with Crippen LogP contribution in [0.4, 0.5) is 0 Å². The molecular formula is C12H21N. The number of rotatable bonds is 5. The molecule has 0 aliphatic carbocycles. The monoisotopic (exact) mass is 179 g/mol. The van der Waals surface area contributed by atoms with Gasteiger partial charge in [-0.05, 0) is 40.2 Å². The van der Waals surface area contributed by atoms with Gasteiger partial charge in [0.05, 0.1) is 0 Å². The molecule has 0 aliphatic rings. The normalized spacial score (nSPS) is 12.2. The van der Waals surface area contributed by atoms with Crippen molar-refractivity contribution >= 4 is 0 Å². The maximum Gasteiger partial charge on any atom is -0.00742 e. The van der Waals surface area contributed by atoms with Gasteiger partial charge in [-0.3, -0.25) is 0 Å². The second kappa shape index (κ2) is 7.81. The van der Waals surface area contributed by atoms with Crippen molar-refractivity contribution in [3.05, 3.63) is 35.5 Å². The minimum absolute atomic E-state index is 0.781. The third-order valence-electron chi connectivity index (χ3n) is 1.70. The lowest BCUT2D eigenvalue weighted by Crippen LogP contribution is -1.97. The first-order valence-corrected chi connectivity index (χ1v) is 4.84. The van der Waals surface area contributed by atoms with Gasteiger partial charge in [-0.15, -0.1) is 0 Å². The minimum atomic E-state index is 0.781. The Kier molecular flexibility index (Phi) is 7.32. The third-order valence-corrected chi connectivity index (χ3v) is 1.70. The number of hydrogen-bond donors (Lipinski definition) is 1. The van der Waals surface area contributed by atoms with Crippen molar-refractivity contribution in [1.82, 2.24) is 0 Å². The van der Waals surface area contributed by atoms with E-state index < -0.39 is 0 Å². The fraction of sp³-hybridized carbons (Fsp3) is 0.500.